The lowest BCUT2D eigenvalue weighted by Gasteiger charge is -2.44. The Morgan fingerprint density at radius 1 is 1.11 bits per heavy atom. The van der Waals surface area contributed by atoms with Crippen molar-refractivity contribution in [1.82, 2.24) is 9.80 Å². The first-order chi connectivity index (χ1) is 13.0. The quantitative estimate of drug-likeness (QED) is 0.863. The number of hydrogen-bond donors (Lipinski definition) is 1. The molecule has 1 saturated carbocycles. The van der Waals surface area contributed by atoms with E-state index in [1.165, 1.54) is 25.7 Å². The van der Waals surface area contributed by atoms with Crippen LogP contribution in [0.1, 0.15) is 49.7 Å². The predicted octanol–water partition coefficient (Wildman–Crippen LogP) is 3.35. The van der Waals surface area contributed by atoms with Gasteiger partial charge < -0.3 is 10.2 Å². The van der Waals surface area contributed by atoms with Gasteiger partial charge in [-0.1, -0.05) is 25.0 Å². The first-order valence-electron chi connectivity index (χ1n) is 10.3. The standard InChI is InChI=1S/C22H33N3O2/c1-16-8-6-11-19(17(16)2)23-21(26)14-24(3)15-22(27)25-13-7-10-18-9-4-5-12-20(18)25/h6,8,11,18,20H,4-5,7,9-10,12-15H2,1-3H3,(H,23,26)/t18-,20+/m1/s1. The van der Waals surface area contributed by atoms with Gasteiger partial charge in [0.2, 0.25) is 11.8 Å². The Bertz CT molecular complexity index is 686. The largest absolute Gasteiger partial charge is 0.338 e. The summed E-state index contributed by atoms with van der Waals surface area (Å²) in [5.74, 6) is 0.788. The summed E-state index contributed by atoms with van der Waals surface area (Å²) < 4.78 is 0. The van der Waals surface area contributed by atoms with Gasteiger partial charge in [0.25, 0.3) is 0 Å². The van der Waals surface area contributed by atoms with Crippen LogP contribution in [0.15, 0.2) is 18.2 Å². The van der Waals surface area contributed by atoms with Crippen LogP contribution >= 0.6 is 0 Å². The van der Waals surface area contributed by atoms with E-state index in [4.69, 9.17) is 0 Å². The zero-order valence-electron chi connectivity index (χ0n) is 17.0. The second-order valence-corrected chi connectivity index (χ2v) is 8.31. The molecule has 1 N–H and O–H groups in total. The molecule has 0 aromatic heterocycles. The molecule has 2 aliphatic rings. The van der Waals surface area contributed by atoms with E-state index in [9.17, 15) is 9.59 Å². The van der Waals surface area contributed by atoms with E-state index in [0.717, 1.165) is 36.2 Å². The number of amides is 2. The number of carbonyl (C=O) groups is 2. The number of likely N-dealkylation sites (tertiary alicyclic amines) is 1. The third-order valence-corrected chi connectivity index (χ3v) is 6.26. The van der Waals surface area contributed by atoms with Gasteiger partial charge in [0.15, 0.2) is 0 Å². The van der Waals surface area contributed by atoms with Crippen LogP contribution in [-0.4, -0.2) is 54.3 Å². The summed E-state index contributed by atoms with van der Waals surface area (Å²) in [5, 5.41) is 2.97. The SMILES string of the molecule is Cc1cccc(NC(=O)CN(C)CC(=O)N2CCC[C@H]3CCCC[C@@H]32)c1C. The zero-order valence-corrected chi connectivity index (χ0v) is 17.0. The van der Waals surface area contributed by atoms with Crippen molar-refractivity contribution in [3.05, 3.63) is 29.3 Å². The summed E-state index contributed by atoms with van der Waals surface area (Å²) in [6, 6.07) is 6.33. The van der Waals surface area contributed by atoms with E-state index in [0.29, 0.717) is 18.5 Å². The minimum atomic E-state index is -0.0758. The van der Waals surface area contributed by atoms with Crippen molar-refractivity contribution in [1.29, 1.82) is 0 Å². The molecule has 1 saturated heterocycles. The van der Waals surface area contributed by atoms with Crippen LogP contribution in [0.3, 0.4) is 0 Å². The summed E-state index contributed by atoms with van der Waals surface area (Å²) in [5.41, 5.74) is 3.09. The van der Waals surface area contributed by atoms with Gasteiger partial charge in [-0.25, -0.2) is 0 Å². The van der Waals surface area contributed by atoms with Gasteiger partial charge in [-0.3, -0.25) is 14.5 Å². The van der Waals surface area contributed by atoms with E-state index < -0.39 is 0 Å². The Labute approximate surface area is 163 Å². The third-order valence-electron chi connectivity index (χ3n) is 6.26. The molecule has 3 rings (SSSR count). The van der Waals surface area contributed by atoms with Crippen LogP contribution in [0.25, 0.3) is 0 Å². The van der Waals surface area contributed by atoms with Crippen LogP contribution in [0.5, 0.6) is 0 Å². The van der Waals surface area contributed by atoms with Crippen molar-refractivity contribution >= 4 is 17.5 Å². The minimum absolute atomic E-state index is 0.0758. The lowest BCUT2D eigenvalue weighted by Crippen LogP contribution is -2.52. The molecular formula is C22H33N3O2. The Kier molecular flexibility index (Phi) is 6.53. The molecule has 0 radical (unpaired) electrons. The first kappa shape index (κ1) is 19.9. The molecule has 0 unspecified atom stereocenters. The van der Waals surface area contributed by atoms with Crippen LogP contribution in [0.4, 0.5) is 5.69 Å². The second-order valence-electron chi connectivity index (χ2n) is 8.31. The highest BCUT2D eigenvalue weighted by Gasteiger charge is 2.35. The summed E-state index contributed by atoms with van der Waals surface area (Å²) in [6.45, 7) is 5.45. The monoisotopic (exact) mass is 371 g/mol. The molecule has 0 bridgehead atoms. The number of fused-ring (bicyclic) bond motifs is 1. The van der Waals surface area contributed by atoms with Crippen molar-refractivity contribution in [2.24, 2.45) is 5.92 Å². The summed E-state index contributed by atoms with van der Waals surface area (Å²) in [6.07, 6.45) is 7.34. The van der Waals surface area contributed by atoms with Crippen molar-refractivity contribution in [3.63, 3.8) is 0 Å². The molecule has 1 aliphatic carbocycles. The van der Waals surface area contributed by atoms with E-state index >= 15 is 0 Å². The van der Waals surface area contributed by atoms with Crippen LogP contribution in [-0.2, 0) is 9.59 Å². The highest BCUT2D eigenvalue weighted by Crippen LogP contribution is 2.35. The third kappa shape index (κ3) is 4.89. The maximum atomic E-state index is 12.9. The van der Waals surface area contributed by atoms with Crippen LogP contribution in [0, 0.1) is 19.8 Å². The van der Waals surface area contributed by atoms with Crippen molar-refractivity contribution in [2.45, 2.75) is 58.4 Å². The Morgan fingerprint density at radius 3 is 2.67 bits per heavy atom. The number of anilines is 1. The molecular weight excluding hydrogens is 338 g/mol. The molecule has 0 spiro atoms. The fourth-order valence-corrected chi connectivity index (χ4v) is 4.63. The topological polar surface area (TPSA) is 52.7 Å². The molecule has 2 fully saturated rings. The average molecular weight is 372 g/mol. The van der Waals surface area contributed by atoms with Gasteiger partial charge >= 0.3 is 0 Å². The lowest BCUT2D eigenvalue weighted by molar-refractivity contribution is -0.138. The minimum Gasteiger partial charge on any atom is -0.338 e. The Hall–Kier alpha value is -1.88. The Balaban J connectivity index is 1.52. The molecule has 1 heterocycles. The van der Waals surface area contributed by atoms with Gasteiger partial charge in [0, 0.05) is 18.3 Å². The molecule has 2 atom stereocenters. The number of nitrogens with one attached hydrogen (secondary N) is 1. The van der Waals surface area contributed by atoms with Crippen molar-refractivity contribution < 1.29 is 9.59 Å². The molecule has 1 aromatic rings. The second kappa shape index (κ2) is 8.87. The van der Waals surface area contributed by atoms with Gasteiger partial charge in [-0.15, -0.1) is 0 Å². The number of benzene rings is 1. The predicted molar refractivity (Wildman–Crippen MR) is 109 cm³/mol. The van der Waals surface area contributed by atoms with Crippen LogP contribution in [0.2, 0.25) is 0 Å². The van der Waals surface area contributed by atoms with Gasteiger partial charge in [-0.2, -0.15) is 0 Å². The van der Waals surface area contributed by atoms with E-state index in [1.54, 1.807) is 0 Å². The number of piperidine rings is 1. The van der Waals surface area contributed by atoms with E-state index in [2.05, 4.69) is 10.2 Å². The van der Waals surface area contributed by atoms with E-state index in [1.807, 2.05) is 44.0 Å². The highest BCUT2D eigenvalue weighted by molar-refractivity contribution is 5.93. The van der Waals surface area contributed by atoms with Crippen molar-refractivity contribution in [3.8, 4) is 0 Å². The molecule has 2 amide bonds. The smallest absolute Gasteiger partial charge is 0.238 e. The molecule has 27 heavy (non-hydrogen) atoms. The number of likely N-dealkylation sites (N-methyl/N-ethyl adjacent to an activating group) is 1. The maximum Gasteiger partial charge on any atom is 0.238 e. The molecule has 148 valence electrons. The highest BCUT2D eigenvalue weighted by atomic mass is 16.2. The summed E-state index contributed by atoms with van der Waals surface area (Å²) >= 11 is 0. The fourth-order valence-electron chi connectivity index (χ4n) is 4.63. The normalized spacial score (nSPS) is 22.4. The Morgan fingerprint density at radius 2 is 1.85 bits per heavy atom. The number of aryl methyl sites for hydroxylation is 1. The lowest BCUT2D eigenvalue weighted by atomic mass is 9.78. The number of nitrogens with zero attached hydrogens (tertiary/aromatic N) is 2. The van der Waals surface area contributed by atoms with Gasteiger partial charge in [-0.05, 0) is 69.7 Å². The van der Waals surface area contributed by atoms with Gasteiger partial charge in [0.1, 0.15) is 0 Å². The number of rotatable bonds is 5. The first-order valence-corrected chi connectivity index (χ1v) is 10.3. The zero-order chi connectivity index (χ0) is 19.4. The number of hydrogen-bond acceptors (Lipinski definition) is 3. The summed E-state index contributed by atoms with van der Waals surface area (Å²) in [7, 11) is 1.85. The summed E-state index contributed by atoms with van der Waals surface area (Å²) in [4.78, 5) is 29.2. The van der Waals surface area contributed by atoms with Crippen molar-refractivity contribution in [2.75, 3.05) is 32.0 Å². The number of carbonyl (C=O) groups excluding carboxylic acids is 2. The van der Waals surface area contributed by atoms with E-state index in [-0.39, 0.29) is 18.4 Å². The fraction of sp³-hybridized carbons (Fsp3) is 0.636. The molecule has 1 aromatic carbocycles. The van der Waals surface area contributed by atoms with Crippen LogP contribution < -0.4 is 5.32 Å². The molecule has 5 nitrogen and oxygen atoms in total. The average Bonchev–Trinajstić information content (AvgIpc) is 2.64. The molecule has 1 aliphatic heterocycles. The maximum absolute atomic E-state index is 12.9. The van der Waals surface area contributed by atoms with Gasteiger partial charge in [0.05, 0.1) is 13.1 Å². The molecule has 5 heteroatoms.